The maximum atomic E-state index is 13.4. The summed E-state index contributed by atoms with van der Waals surface area (Å²) < 4.78 is 13.4. The summed E-state index contributed by atoms with van der Waals surface area (Å²) in [4.78, 5) is 23.1. The third-order valence-electron chi connectivity index (χ3n) is 2.83. The fraction of sp³-hybridized carbons (Fsp3) is 0.429. The molecule has 0 spiro atoms. The molecule has 0 aliphatic rings. The molecule has 1 amide bonds. The van der Waals surface area contributed by atoms with Crippen LogP contribution in [0, 0.1) is 5.82 Å². The lowest BCUT2D eigenvalue weighted by atomic mass is 9.98. The Balaban J connectivity index is 2.77. The molecule has 1 aromatic carbocycles. The summed E-state index contributed by atoms with van der Waals surface area (Å²) in [7, 11) is 0. The zero-order valence-corrected chi connectivity index (χ0v) is 12.5. The number of carboxylic acids is 1. The van der Waals surface area contributed by atoms with Crippen molar-refractivity contribution in [3.63, 3.8) is 0 Å². The predicted octanol–water partition coefficient (Wildman–Crippen LogP) is 2.92. The van der Waals surface area contributed by atoms with E-state index in [1.807, 2.05) is 0 Å². The molecule has 0 heterocycles. The Hall–Kier alpha value is -1.56. The van der Waals surface area contributed by atoms with Crippen LogP contribution in [0.2, 0.25) is 0 Å². The van der Waals surface area contributed by atoms with E-state index < -0.39 is 11.5 Å². The van der Waals surface area contributed by atoms with Gasteiger partial charge < -0.3 is 10.4 Å². The molecule has 0 saturated heterocycles. The highest BCUT2D eigenvalue weighted by molar-refractivity contribution is 7.98. The van der Waals surface area contributed by atoms with Crippen LogP contribution in [-0.2, 0) is 4.79 Å². The number of rotatable bonds is 6. The summed E-state index contributed by atoms with van der Waals surface area (Å²) in [5.74, 6) is -1.60. The average molecular weight is 299 g/mol. The number of carboxylic acid groups (broad SMARTS) is 1. The molecule has 0 aromatic heterocycles. The molecular weight excluding hydrogens is 281 g/mol. The number of carbonyl (C=O) groups is 2. The number of thioether (sulfide) groups is 1. The van der Waals surface area contributed by atoms with E-state index in [4.69, 9.17) is 5.11 Å². The second-order valence-electron chi connectivity index (χ2n) is 5.08. The molecule has 2 N–H and O–H groups in total. The van der Waals surface area contributed by atoms with E-state index in [1.165, 1.54) is 30.0 Å². The van der Waals surface area contributed by atoms with E-state index in [0.29, 0.717) is 16.9 Å². The molecule has 0 bridgehead atoms. The maximum absolute atomic E-state index is 13.4. The van der Waals surface area contributed by atoms with E-state index in [1.54, 1.807) is 20.1 Å². The number of hydrogen-bond donors (Lipinski definition) is 2. The predicted molar refractivity (Wildman–Crippen MR) is 76.6 cm³/mol. The normalized spacial score (nSPS) is 11.2. The van der Waals surface area contributed by atoms with Crippen molar-refractivity contribution in [3.8, 4) is 0 Å². The van der Waals surface area contributed by atoms with Crippen molar-refractivity contribution in [1.29, 1.82) is 0 Å². The molecule has 0 aliphatic carbocycles. The summed E-state index contributed by atoms with van der Waals surface area (Å²) in [5, 5.41) is 11.4. The molecule has 20 heavy (non-hydrogen) atoms. The Morgan fingerprint density at radius 2 is 2.05 bits per heavy atom. The molecule has 0 atom stereocenters. The van der Waals surface area contributed by atoms with E-state index >= 15 is 0 Å². The van der Waals surface area contributed by atoms with E-state index in [0.717, 1.165) is 0 Å². The molecule has 110 valence electrons. The van der Waals surface area contributed by atoms with Crippen molar-refractivity contribution in [2.45, 2.75) is 37.1 Å². The number of nitrogens with one attached hydrogen (secondary N) is 1. The number of halogens is 1. The zero-order valence-electron chi connectivity index (χ0n) is 11.7. The quantitative estimate of drug-likeness (QED) is 0.793. The third-order valence-corrected chi connectivity index (χ3v) is 3.58. The van der Waals surface area contributed by atoms with Gasteiger partial charge in [0.25, 0.3) is 5.91 Å². The first-order chi connectivity index (χ1) is 9.25. The first kappa shape index (κ1) is 16.5. The lowest BCUT2D eigenvalue weighted by Crippen LogP contribution is -2.43. The molecule has 6 heteroatoms. The van der Waals surface area contributed by atoms with Crippen LogP contribution in [0.4, 0.5) is 4.39 Å². The van der Waals surface area contributed by atoms with Crippen LogP contribution in [0.1, 0.15) is 37.0 Å². The molecular formula is C14H18FNO3S. The van der Waals surface area contributed by atoms with Crippen LogP contribution < -0.4 is 5.32 Å². The number of amides is 1. The van der Waals surface area contributed by atoms with Crippen molar-refractivity contribution in [2.75, 3.05) is 6.26 Å². The summed E-state index contributed by atoms with van der Waals surface area (Å²) in [6, 6.07) is 4.16. The van der Waals surface area contributed by atoms with Crippen LogP contribution in [0.5, 0.6) is 0 Å². The monoisotopic (exact) mass is 299 g/mol. The minimum atomic E-state index is -0.904. The first-order valence-corrected chi connectivity index (χ1v) is 7.35. The van der Waals surface area contributed by atoms with Crippen molar-refractivity contribution in [2.24, 2.45) is 0 Å². The summed E-state index contributed by atoms with van der Waals surface area (Å²) in [5.41, 5.74) is -0.275. The van der Waals surface area contributed by atoms with Crippen molar-refractivity contribution < 1.29 is 19.1 Å². The third kappa shape index (κ3) is 4.85. The number of aliphatic carboxylic acids is 1. The molecule has 0 unspecified atom stereocenters. The SMILES string of the molecule is CSc1cc(C(=O)NC(C)(C)CCC(=O)O)ccc1F. The van der Waals surface area contributed by atoms with Crippen LogP contribution >= 0.6 is 11.8 Å². The van der Waals surface area contributed by atoms with Gasteiger partial charge >= 0.3 is 5.97 Å². The van der Waals surface area contributed by atoms with Gasteiger partial charge in [-0.25, -0.2) is 4.39 Å². The summed E-state index contributed by atoms with van der Waals surface area (Å²) in [6.45, 7) is 3.51. The second-order valence-corrected chi connectivity index (χ2v) is 5.93. The van der Waals surface area contributed by atoms with Gasteiger partial charge in [-0.3, -0.25) is 9.59 Å². The number of carbonyl (C=O) groups excluding carboxylic acids is 1. The van der Waals surface area contributed by atoms with Crippen LogP contribution in [0.15, 0.2) is 23.1 Å². The van der Waals surface area contributed by atoms with E-state index in [-0.39, 0.29) is 18.1 Å². The van der Waals surface area contributed by atoms with Gasteiger partial charge in [0.2, 0.25) is 0 Å². The fourth-order valence-electron chi connectivity index (χ4n) is 1.66. The highest BCUT2D eigenvalue weighted by atomic mass is 32.2. The first-order valence-electron chi connectivity index (χ1n) is 6.13. The van der Waals surface area contributed by atoms with Crippen molar-refractivity contribution in [1.82, 2.24) is 5.32 Å². The molecule has 4 nitrogen and oxygen atoms in total. The van der Waals surface area contributed by atoms with Gasteiger partial charge in [0, 0.05) is 22.4 Å². The van der Waals surface area contributed by atoms with Gasteiger partial charge in [-0.05, 0) is 44.7 Å². The fourth-order valence-corrected chi connectivity index (χ4v) is 2.17. The largest absolute Gasteiger partial charge is 0.481 e. The van der Waals surface area contributed by atoms with Crippen molar-refractivity contribution >= 4 is 23.6 Å². The summed E-state index contributed by atoms with van der Waals surface area (Å²) >= 11 is 1.23. The Labute approximate surface area is 121 Å². The molecule has 1 aromatic rings. The average Bonchev–Trinajstić information content (AvgIpc) is 2.36. The molecule has 1 rings (SSSR count). The second kappa shape index (κ2) is 6.74. The van der Waals surface area contributed by atoms with Gasteiger partial charge in [0.15, 0.2) is 0 Å². The van der Waals surface area contributed by atoms with Crippen LogP contribution in [0.3, 0.4) is 0 Å². The van der Waals surface area contributed by atoms with Crippen LogP contribution in [0.25, 0.3) is 0 Å². The molecule has 0 radical (unpaired) electrons. The van der Waals surface area contributed by atoms with E-state index in [9.17, 15) is 14.0 Å². The highest BCUT2D eigenvalue weighted by Gasteiger charge is 2.22. The summed E-state index contributed by atoms with van der Waals surface area (Å²) in [6.07, 6.45) is 2.04. The van der Waals surface area contributed by atoms with Gasteiger partial charge in [-0.2, -0.15) is 0 Å². The van der Waals surface area contributed by atoms with Gasteiger partial charge in [-0.1, -0.05) is 0 Å². The standard InChI is InChI=1S/C14H18FNO3S/c1-14(2,7-6-12(17)18)16-13(19)9-4-5-10(15)11(8-9)20-3/h4-5,8H,6-7H2,1-3H3,(H,16,19)(H,17,18). The number of benzene rings is 1. The Morgan fingerprint density at radius 1 is 1.40 bits per heavy atom. The minimum absolute atomic E-state index is 0.0211. The highest BCUT2D eigenvalue weighted by Crippen LogP contribution is 2.21. The lowest BCUT2D eigenvalue weighted by molar-refractivity contribution is -0.137. The van der Waals surface area contributed by atoms with Gasteiger partial charge in [0.1, 0.15) is 5.82 Å². The molecule has 0 saturated carbocycles. The Kier molecular flexibility index (Phi) is 5.56. The Morgan fingerprint density at radius 3 is 2.60 bits per heavy atom. The van der Waals surface area contributed by atoms with Gasteiger partial charge in [0.05, 0.1) is 0 Å². The Bertz CT molecular complexity index is 517. The van der Waals surface area contributed by atoms with Crippen LogP contribution in [-0.4, -0.2) is 28.8 Å². The molecule has 0 fully saturated rings. The van der Waals surface area contributed by atoms with Crippen molar-refractivity contribution in [3.05, 3.63) is 29.6 Å². The lowest BCUT2D eigenvalue weighted by Gasteiger charge is -2.25. The zero-order chi connectivity index (χ0) is 15.3. The molecule has 0 aliphatic heterocycles. The van der Waals surface area contributed by atoms with E-state index in [2.05, 4.69) is 5.32 Å². The van der Waals surface area contributed by atoms with Gasteiger partial charge in [-0.15, -0.1) is 11.8 Å². The smallest absolute Gasteiger partial charge is 0.303 e. The maximum Gasteiger partial charge on any atom is 0.303 e. The number of hydrogen-bond acceptors (Lipinski definition) is 3. The minimum Gasteiger partial charge on any atom is -0.481 e. The topological polar surface area (TPSA) is 66.4 Å².